The molecule has 0 atom stereocenters. The Morgan fingerprint density at radius 3 is 2.90 bits per heavy atom. The van der Waals surface area contributed by atoms with Crippen LogP contribution in [0.2, 0.25) is 0 Å². The highest BCUT2D eigenvalue weighted by atomic mass is 16.5. The molecule has 0 unspecified atom stereocenters. The van der Waals surface area contributed by atoms with Crippen molar-refractivity contribution < 1.29 is 9.53 Å². The number of rotatable bonds is 6. The van der Waals surface area contributed by atoms with Crippen LogP contribution in [0.3, 0.4) is 0 Å². The zero-order valence-electron chi connectivity index (χ0n) is 11.6. The molecule has 4 heteroatoms. The second kappa shape index (κ2) is 6.76. The summed E-state index contributed by atoms with van der Waals surface area (Å²) in [4.78, 5) is 11.9. The first-order chi connectivity index (χ1) is 9.74. The van der Waals surface area contributed by atoms with Gasteiger partial charge in [0.15, 0.2) is 0 Å². The van der Waals surface area contributed by atoms with Crippen molar-refractivity contribution in [3.05, 3.63) is 35.4 Å². The highest BCUT2D eigenvalue weighted by Gasteiger charge is 2.24. The molecule has 1 saturated carbocycles. The maximum absolute atomic E-state index is 11.9. The molecular formula is C16H18N2O2. The molecule has 2 rings (SSSR count). The van der Waals surface area contributed by atoms with Crippen LogP contribution < -0.4 is 10.1 Å². The topological polar surface area (TPSA) is 62.1 Å². The van der Waals surface area contributed by atoms with Crippen LogP contribution in [0.5, 0.6) is 5.75 Å². The normalized spacial score (nSPS) is 14.5. The van der Waals surface area contributed by atoms with Crippen LogP contribution in [0.4, 0.5) is 0 Å². The number of benzene rings is 1. The van der Waals surface area contributed by atoms with Crippen LogP contribution >= 0.6 is 0 Å². The summed E-state index contributed by atoms with van der Waals surface area (Å²) in [6.45, 7) is 2.64. The average molecular weight is 270 g/mol. The molecule has 1 aromatic carbocycles. The van der Waals surface area contributed by atoms with E-state index in [4.69, 9.17) is 10.00 Å². The zero-order chi connectivity index (χ0) is 14.4. The van der Waals surface area contributed by atoms with Gasteiger partial charge in [-0.1, -0.05) is 25.1 Å². The van der Waals surface area contributed by atoms with Crippen LogP contribution in [0, 0.1) is 11.3 Å². The lowest BCUT2D eigenvalue weighted by Crippen LogP contribution is -2.26. The molecule has 1 N–H and O–H groups in total. The molecule has 0 bridgehead atoms. The molecule has 0 spiro atoms. The summed E-state index contributed by atoms with van der Waals surface area (Å²) < 4.78 is 5.62. The van der Waals surface area contributed by atoms with Crippen LogP contribution in [0.1, 0.15) is 31.7 Å². The van der Waals surface area contributed by atoms with Crippen molar-refractivity contribution in [1.29, 1.82) is 5.26 Å². The minimum Gasteiger partial charge on any atom is -0.493 e. The Hall–Kier alpha value is -2.28. The van der Waals surface area contributed by atoms with Crippen LogP contribution in [0.15, 0.2) is 29.8 Å². The quantitative estimate of drug-likeness (QED) is 0.638. The third kappa shape index (κ3) is 3.86. The third-order valence-corrected chi connectivity index (χ3v) is 2.96. The van der Waals surface area contributed by atoms with E-state index in [1.54, 1.807) is 6.08 Å². The number of ether oxygens (including phenoxy) is 1. The summed E-state index contributed by atoms with van der Waals surface area (Å²) in [5.41, 5.74) is 0.868. The number of carbonyl (C=O) groups is 1. The van der Waals surface area contributed by atoms with E-state index in [1.807, 2.05) is 37.3 Å². The summed E-state index contributed by atoms with van der Waals surface area (Å²) in [6.07, 6.45) is 4.50. The Balaban J connectivity index is 2.17. The molecule has 1 aliphatic rings. The van der Waals surface area contributed by atoms with Gasteiger partial charge < -0.3 is 10.1 Å². The maximum Gasteiger partial charge on any atom is 0.262 e. The fourth-order valence-corrected chi connectivity index (χ4v) is 1.74. The minimum absolute atomic E-state index is 0.115. The van der Waals surface area contributed by atoms with E-state index in [0.29, 0.717) is 12.4 Å². The molecule has 0 saturated heterocycles. The lowest BCUT2D eigenvalue weighted by atomic mass is 10.1. The fraction of sp³-hybridized carbons (Fsp3) is 0.375. The van der Waals surface area contributed by atoms with Gasteiger partial charge in [0.25, 0.3) is 5.91 Å². The van der Waals surface area contributed by atoms with Crippen molar-refractivity contribution in [2.75, 3.05) is 6.61 Å². The number of nitriles is 1. The number of hydrogen-bond donors (Lipinski definition) is 1. The Labute approximate surface area is 119 Å². The molecule has 1 amide bonds. The zero-order valence-corrected chi connectivity index (χ0v) is 11.6. The first-order valence-electron chi connectivity index (χ1n) is 6.89. The molecule has 20 heavy (non-hydrogen) atoms. The van der Waals surface area contributed by atoms with Crippen LogP contribution in [-0.4, -0.2) is 18.6 Å². The van der Waals surface area contributed by atoms with Crippen molar-refractivity contribution in [3.8, 4) is 11.8 Å². The lowest BCUT2D eigenvalue weighted by Gasteiger charge is -2.08. The number of nitrogens with one attached hydrogen (secondary N) is 1. The summed E-state index contributed by atoms with van der Waals surface area (Å²) in [7, 11) is 0. The summed E-state index contributed by atoms with van der Waals surface area (Å²) in [5.74, 6) is 0.390. The number of amides is 1. The van der Waals surface area contributed by atoms with E-state index in [-0.39, 0.29) is 17.5 Å². The molecule has 104 valence electrons. The molecule has 0 aromatic heterocycles. The second-order valence-corrected chi connectivity index (χ2v) is 4.80. The first-order valence-corrected chi connectivity index (χ1v) is 6.89. The van der Waals surface area contributed by atoms with Gasteiger partial charge in [0, 0.05) is 11.6 Å². The molecule has 4 nitrogen and oxygen atoms in total. The summed E-state index contributed by atoms with van der Waals surface area (Å²) >= 11 is 0. The molecule has 0 aliphatic heterocycles. The van der Waals surface area contributed by atoms with Gasteiger partial charge in [-0.2, -0.15) is 5.26 Å². The van der Waals surface area contributed by atoms with Gasteiger partial charge in [-0.3, -0.25) is 4.79 Å². The summed E-state index contributed by atoms with van der Waals surface area (Å²) in [6, 6.07) is 9.62. The third-order valence-electron chi connectivity index (χ3n) is 2.96. The second-order valence-electron chi connectivity index (χ2n) is 4.80. The monoisotopic (exact) mass is 270 g/mol. The Bertz CT molecular complexity index is 554. The molecule has 1 fully saturated rings. The smallest absolute Gasteiger partial charge is 0.262 e. The maximum atomic E-state index is 11.9. The van der Waals surface area contributed by atoms with E-state index in [9.17, 15) is 4.79 Å². The lowest BCUT2D eigenvalue weighted by molar-refractivity contribution is -0.117. The number of hydrogen-bond acceptors (Lipinski definition) is 3. The van der Waals surface area contributed by atoms with Gasteiger partial charge in [-0.25, -0.2) is 0 Å². The minimum atomic E-state index is -0.305. The van der Waals surface area contributed by atoms with Crippen molar-refractivity contribution >= 4 is 12.0 Å². The largest absolute Gasteiger partial charge is 0.493 e. The highest BCUT2D eigenvalue weighted by Crippen LogP contribution is 2.22. The SMILES string of the molecule is CCCOc1ccccc1C=C(C#N)C(=O)NC1CC1. The standard InChI is InChI=1S/C16H18N2O2/c1-2-9-20-15-6-4-3-5-12(15)10-13(11-17)16(19)18-14-7-8-14/h3-6,10,14H,2,7-9H2,1H3,(H,18,19). The van der Waals surface area contributed by atoms with Gasteiger partial charge in [0.1, 0.15) is 17.4 Å². The Morgan fingerprint density at radius 1 is 1.50 bits per heavy atom. The van der Waals surface area contributed by atoms with Crippen LogP contribution in [-0.2, 0) is 4.79 Å². The van der Waals surface area contributed by atoms with E-state index < -0.39 is 0 Å². The van der Waals surface area contributed by atoms with Gasteiger partial charge in [-0.15, -0.1) is 0 Å². The van der Waals surface area contributed by atoms with Crippen molar-refractivity contribution in [1.82, 2.24) is 5.32 Å². The molecule has 0 heterocycles. The molecule has 0 radical (unpaired) electrons. The Morgan fingerprint density at radius 2 is 2.25 bits per heavy atom. The average Bonchev–Trinajstić information content (AvgIpc) is 3.27. The van der Waals surface area contributed by atoms with Crippen molar-refractivity contribution in [2.24, 2.45) is 0 Å². The van der Waals surface area contributed by atoms with E-state index >= 15 is 0 Å². The van der Waals surface area contributed by atoms with Gasteiger partial charge >= 0.3 is 0 Å². The number of para-hydroxylation sites is 1. The van der Waals surface area contributed by atoms with E-state index in [2.05, 4.69) is 5.32 Å². The molecule has 1 aromatic rings. The van der Waals surface area contributed by atoms with Crippen molar-refractivity contribution in [2.45, 2.75) is 32.2 Å². The molecule has 1 aliphatic carbocycles. The van der Waals surface area contributed by atoms with Crippen LogP contribution in [0.25, 0.3) is 6.08 Å². The number of nitrogens with zero attached hydrogens (tertiary/aromatic N) is 1. The predicted octanol–water partition coefficient (Wildman–Crippen LogP) is 2.66. The fourth-order valence-electron chi connectivity index (χ4n) is 1.74. The van der Waals surface area contributed by atoms with E-state index in [0.717, 1.165) is 24.8 Å². The van der Waals surface area contributed by atoms with Gasteiger partial charge in [-0.05, 0) is 31.4 Å². The van der Waals surface area contributed by atoms with Gasteiger partial charge in [0.05, 0.1) is 6.61 Å². The first kappa shape index (κ1) is 14.1. The Kier molecular flexibility index (Phi) is 4.78. The summed E-state index contributed by atoms with van der Waals surface area (Å²) in [5, 5.41) is 12.0. The predicted molar refractivity (Wildman–Crippen MR) is 77.0 cm³/mol. The van der Waals surface area contributed by atoms with E-state index in [1.165, 1.54) is 0 Å². The number of carbonyl (C=O) groups excluding carboxylic acids is 1. The highest BCUT2D eigenvalue weighted by molar-refractivity contribution is 6.02. The van der Waals surface area contributed by atoms with Gasteiger partial charge in [0.2, 0.25) is 0 Å². The van der Waals surface area contributed by atoms with Crippen molar-refractivity contribution in [3.63, 3.8) is 0 Å². The molecular weight excluding hydrogens is 252 g/mol.